The van der Waals surface area contributed by atoms with E-state index in [1.54, 1.807) is 24.3 Å². The van der Waals surface area contributed by atoms with Crippen LogP contribution in [0.5, 0.6) is 0 Å². The lowest BCUT2D eigenvalue weighted by Gasteiger charge is -2.11. The molecule has 0 atom stereocenters. The van der Waals surface area contributed by atoms with Gasteiger partial charge >= 0.3 is 12.1 Å². The second kappa shape index (κ2) is 7.32. The fourth-order valence-corrected chi connectivity index (χ4v) is 2.43. The van der Waals surface area contributed by atoms with Crippen molar-refractivity contribution in [2.75, 3.05) is 11.9 Å². The normalized spacial score (nSPS) is 11.4. The maximum atomic E-state index is 12.7. The van der Waals surface area contributed by atoms with E-state index in [0.717, 1.165) is 12.1 Å². The fraction of sp³-hybridized carbons (Fsp3) is 0.111. The summed E-state index contributed by atoms with van der Waals surface area (Å²) < 4.78 is 48.3. The first-order valence-corrected chi connectivity index (χ1v) is 7.94. The third-order valence-electron chi connectivity index (χ3n) is 3.53. The van der Waals surface area contributed by atoms with Gasteiger partial charge in [0.15, 0.2) is 6.61 Å². The Hall–Kier alpha value is -3.00. The topological polar surface area (TPSA) is 68.5 Å². The van der Waals surface area contributed by atoms with Crippen molar-refractivity contribution in [3.63, 3.8) is 0 Å². The van der Waals surface area contributed by atoms with Crippen molar-refractivity contribution >= 4 is 40.1 Å². The molecule has 0 unspecified atom stereocenters. The van der Waals surface area contributed by atoms with Crippen molar-refractivity contribution in [3.8, 4) is 0 Å². The molecular formula is C18H11ClF3NO4. The van der Waals surface area contributed by atoms with Gasteiger partial charge in [0.1, 0.15) is 5.58 Å². The summed E-state index contributed by atoms with van der Waals surface area (Å²) in [5, 5.41) is 2.78. The van der Waals surface area contributed by atoms with Gasteiger partial charge in [0, 0.05) is 5.39 Å². The van der Waals surface area contributed by atoms with Gasteiger partial charge < -0.3 is 14.5 Å². The Balaban J connectivity index is 1.63. The summed E-state index contributed by atoms with van der Waals surface area (Å²) >= 11 is 5.79. The van der Waals surface area contributed by atoms with Crippen LogP contribution in [0.3, 0.4) is 0 Å². The minimum Gasteiger partial charge on any atom is -0.450 e. The molecule has 0 fully saturated rings. The molecule has 5 nitrogen and oxygen atoms in total. The molecule has 9 heteroatoms. The average molecular weight is 398 g/mol. The predicted octanol–water partition coefficient (Wildman–Crippen LogP) is 4.90. The predicted molar refractivity (Wildman–Crippen MR) is 91.6 cm³/mol. The molecule has 2 aromatic carbocycles. The number of halogens is 4. The van der Waals surface area contributed by atoms with Crippen molar-refractivity contribution in [2.24, 2.45) is 0 Å². The lowest BCUT2D eigenvalue weighted by atomic mass is 10.2. The Morgan fingerprint density at radius 3 is 2.56 bits per heavy atom. The number of anilines is 1. The van der Waals surface area contributed by atoms with Gasteiger partial charge in [-0.15, -0.1) is 0 Å². The van der Waals surface area contributed by atoms with Gasteiger partial charge in [-0.05, 0) is 30.3 Å². The molecule has 0 bridgehead atoms. The van der Waals surface area contributed by atoms with Gasteiger partial charge in [0.2, 0.25) is 5.76 Å². The maximum absolute atomic E-state index is 12.7. The second-order valence-corrected chi connectivity index (χ2v) is 5.87. The zero-order valence-corrected chi connectivity index (χ0v) is 14.2. The molecule has 0 saturated carbocycles. The molecule has 0 aliphatic heterocycles. The van der Waals surface area contributed by atoms with Crippen LogP contribution in [-0.4, -0.2) is 18.5 Å². The number of carbonyl (C=O) groups excluding carboxylic acids is 2. The highest BCUT2D eigenvalue weighted by Crippen LogP contribution is 2.33. The Morgan fingerprint density at radius 1 is 1.11 bits per heavy atom. The van der Waals surface area contributed by atoms with E-state index < -0.39 is 30.2 Å². The minimum atomic E-state index is -4.59. The monoisotopic (exact) mass is 397 g/mol. The SMILES string of the molecule is O=C(COC(=O)c1cc2ccccc2o1)Nc1cc(C(F)(F)F)ccc1Cl. The van der Waals surface area contributed by atoms with Crippen LogP contribution in [0, 0.1) is 0 Å². The van der Waals surface area contributed by atoms with Crippen LogP contribution in [-0.2, 0) is 15.7 Å². The molecule has 3 aromatic rings. The molecule has 0 aliphatic carbocycles. The van der Waals surface area contributed by atoms with E-state index in [-0.39, 0.29) is 16.5 Å². The van der Waals surface area contributed by atoms with E-state index >= 15 is 0 Å². The number of benzene rings is 2. The van der Waals surface area contributed by atoms with Crippen molar-refractivity contribution < 1.29 is 31.9 Å². The highest BCUT2D eigenvalue weighted by molar-refractivity contribution is 6.33. The molecule has 0 spiro atoms. The lowest BCUT2D eigenvalue weighted by Crippen LogP contribution is -2.21. The average Bonchev–Trinajstić information content (AvgIpc) is 3.05. The number of hydrogen-bond donors (Lipinski definition) is 1. The van der Waals surface area contributed by atoms with Gasteiger partial charge in [0.05, 0.1) is 16.3 Å². The zero-order valence-electron chi connectivity index (χ0n) is 13.5. The smallest absolute Gasteiger partial charge is 0.416 e. The van der Waals surface area contributed by atoms with Crippen LogP contribution >= 0.6 is 11.6 Å². The number of amides is 1. The van der Waals surface area contributed by atoms with Crippen molar-refractivity contribution in [2.45, 2.75) is 6.18 Å². The van der Waals surface area contributed by atoms with Crippen molar-refractivity contribution in [1.29, 1.82) is 0 Å². The first-order chi connectivity index (χ1) is 12.7. The number of alkyl halides is 3. The minimum absolute atomic E-state index is 0.0834. The number of furan rings is 1. The molecule has 1 aromatic heterocycles. The third-order valence-corrected chi connectivity index (χ3v) is 3.86. The molecule has 3 rings (SSSR count). The van der Waals surface area contributed by atoms with Crippen LogP contribution in [0.1, 0.15) is 16.1 Å². The molecule has 27 heavy (non-hydrogen) atoms. The summed E-state index contributed by atoms with van der Waals surface area (Å²) in [5.41, 5.74) is -0.734. The third kappa shape index (κ3) is 4.40. The second-order valence-electron chi connectivity index (χ2n) is 5.47. The maximum Gasteiger partial charge on any atom is 0.416 e. The molecule has 140 valence electrons. The molecule has 1 heterocycles. The quantitative estimate of drug-likeness (QED) is 0.636. The van der Waals surface area contributed by atoms with Gasteiger partial charge in [0.25, 0.3) is 5.91 Å². The van der Waals surface area contributed by atoms with E-state index in [9.17, 15) is 22.8 Å². The van der Waals surface area contributed by atoms with E-state index in [1.165, 1.54) is 6.07 Å². The summed E-state index contributed by atoms with van der Waals surface area (Å²) in [6.07, 6.45) is -4.59. The molecule has 0 saturated heterocycles. The number of fused-ring (bicyclic) bond motifs is 1. The van der Waals surface area contributed by atoms with Gasteiger partial charge in [-0.25, -0.2) is 4.79 Å². The summed E-state index contributed by atoms with van der Waals surface area (Å²) in [6.45, 7) is -0.720. The molecule has 1 N–H and O–H groups in total. The largest absolute Gasteiger partial charge is 0.450 e. The zero-order chi connectivity index (χ0) is 19.6. The summed E-state index contributed by atoms with van der Waals surface area (Å²) in [6, 6.07) is 10.8. The number of para-hydroxylation sites is 1. The van der Waals surface area contributed by atoms with Gasteiger partial charge in [-0.3, -0.25) is 4.79 Å². The molecule has 1 amide bonds. The Morgan fingerprint density at radius 2 is 1.85 bits per heavy atom. The molecular weight excluding hydrogens is 387 g/mol. The molecule has 0 aliphatic rings. The van der Waals surface area contributed by atoms with E-state index in [1.807, 2.05) is 0 Å². The number of carbonyl (C=O) groups is 2. The van der Waals surface area contributed by atoms with Gasteiger partial charge in [-0.1, -0.05) is 29.8 Å². The summed E-state index contributed by atoms with van der Waals surface area (Å²) in [5.74, 6) is -1.82. The number of esters is 1. The van der Waals surface area contributed by atoms with Crippen molar-refractivity contribution in [3.05, 3.63) is 64.9 Å². The standard InChI is InChI=1S/C18H11ClF3NO4/c19-12-6-5-11(18(20,21)22)8-13(12)23-16(24)9-26-17(25)15-7-10-3-1-2-4-14(10)27-15/h1-8H,9H2,(H,23,24). The Bertz CT molecular complexity index is 980. The summed E-state index contributed by atoms with van der Waals surface area (Å²) in [4.78, 5) is 23.8. The van der Waals surface area contributed by atoms with Crippen LogP contribution in [0.15, 0.2) is 52.9 Å². The Labute approximate surface area is 155 Å². The van der Waals surface area contributed by atoms with Crippen molar-refractivity contribution in [1.82, 2.24) is 0 Å². The van der Waals surface area contributed by atoms with E-state index in [0.29, 0.717) is 17.0 Å². The van der Waals surface area contributed by atoms with Crippen LogP contribution in [0.2, 0.25) is 5.02 Å². The number of nitrogens with one attached hydrogen (secondary N) is 1. The van der Waals surface area contributed by atoms with Gasteiger partial charge in [-0.2, -0.15) is 13.2 Å². The molecule has 0 radical (unpaired) electrons. The van der Waals surface area contributed by atoms with Crippen LogP contribution in [0.4, 0.5) is 18.9 Å². The lowest BCUT2D eigenvalue weighted by molar-refractivity contribution is -0.137. The van der Waals surface area contributed by atoms with E-state index in [2.05, 4.69) is 5.32 Å². The fourth-order valence-electron chi connectivity index (χ4n) is 2.27. The number of hydrogen-bond acceptors (Lipinski definition) is 4. The number of ether oxygens (including phenoxy) is 1. The number of rotatable bonds is 4. The van der Waals surface area contributed by atoms with Crippen LogP contribution in [0.25, 0.3) is 11.0 Å². The van der Waals surface area contributed by atoms with E-state index in [4.69, 9.17) is 20.8 Å². The first kappa shape index (κ1) is 18.8. The Kier molecular flexibility index (Phi) is 5.09. The van der Waals surface area contributed by atoms with Crippen LogP contribution < -0.4 is 5.32 Å². The first-order valence-electron chi connectivity index (χ1n) is 7.56. The highest BCUT2D eigenvalue weighted by Gasteiger charge is 2.31. The highest BCUT2D eigenvalue weighted by atomic mass is 35.5. The summed E-state index contributed by atoms with van der Waals surface area (Å²) in [7, 11) is 0.